The van der Waals surface area contributed by atoms with E-state index in [0.29, 0.717) is 30.1 Å². The van der Waals surface area contributed by atoms with Crippen LogP contribution in [0.15, 0.2) is 48.1 Å². The quantitative estimate of drug-likeness (QED) is 0.266. The second-order valence-electron chi connectivity index (χ2n) is 11.2. The van der Waals surface area contributed by atoms with Crippen LogP contribution in [0.2, 0.25) is 0 Å². The van der Waals surface area contributed by atoms with Crippen molar-refractivity contribution in [3.05, 3.63) is 59.2 Å². The van der Waals surface area contributed by atoms with Gasteiger partial charge >= 0.3 is 0 Å². The number of rotatable bonds is 12. The third-order valence-electron chi connectivity index (χ3n) is 7.78. The van der Waals surface area contributed by atoms with E-state index in [1.54, 1.807) is 5.57 Å². The van der Waals surface area contributed by atoms with Crippen LogP contribution in [0.4, 0.5) is 0 Å². The van der Waals surface area contributed by atoms with Gasteiger partial charge in [0.2, 0.25) is 5.91 Å². The second-order valence-corrected chi connectivity index (χ2v) is 11.2. The minimum atomic E-state index is -0.195. The van der Waals surface area contributed by atoms with Crippen molar-refractivity contribution >= 4 is 5.91 Å². The maximum absolute atomic E-state index is 12.5. The fourth-order valence-electron chi connectivity index (χ4n) is 6.27. The van der Waals surface area contributed by atoms with Gasteiger partial charge < -0.3 is 10.0 Å². The van der Waals surface area contributed by atoms with E-state index >= 15 is 0 Å². The third-order valence-corrected chi connectivity index (χ3v) is 7.78. The summed E-state index contributed by atoms with van der Waals surface area (Å²) >= 11 is 0. The van der Waals surface area contributed by atoms with Crippen molar-refractivity contribution in [3.63, 3.8) is 0 Å². The van der Waals surface area contributed by atoms with Crippen molar-refractivity contribution in [1.29, 1.82) is 0 Å². The first kappa shape index (κ1) is 26.7. The molecule has 2 aliphatic carbocycles. The Bertz CT molecular complexity index is 845. The van der Waals surface area contributed by atoms with Crippen LogP contribution >= 0.6 is 0 Å². The molecule has 1 fully saturated rings. The van der Waals surface area contributed by atoms with Crippen molar-refractivity contribution in [2.24, 2.45) is 17.8 Å². The van der Waals surface area contributed by atoms with Crippen molar-refractivity contribution in [2.75, 3.05) is 0 Å². The highest BCUT2D eigenvalue weighted by Crippen LogP contribution is 2.48. The zero-order valence-corrected chi connectivity index (χ0v) is 22.2. The van der Waals surface area contributed by atoms with E-state index in [2.05, 4.69) is 77.1 Å². The Morgan fingerprint density at radius 1 is 1.12 bits per heavy atom. The lowest BCUT2D eigenvalue weighted by atomic mass is 9.88. The molecule has 1 amide bonds. The first-order valence-electron chi connectivity index (χ1n) is 13.7. The molecular weight excluding hydrogens is 418 g/mol. The number of amides is 1. The van der Waals surface area contributed by atoms with Gasteiger partial charge in [-0.2, -0.15) is 0 Å². The van der Waals surface area contributed by atoms with Crippen LogP contribution in [0.25, 0.3) is 0 Å². The SMILES string of the molecule is Cc1cccc(CC/C=C/[C@@H]2[C@H]3CC(CCCCCC(=O)N(C(C)C)C(C)C)=C[C@H]3C[C@H]2O)c1. The third kappa shape index (κ3) is 7.31. The summed E-state index contributed by atoms with van der Waals surface area (Å²) in [5.74, 6) is 1.72. The lowest BCUT2D eigenvalue weighted by Crippen LogP contribution is -2.41. The van der Waals surface area contributed by atoms with E-state index < -0.39 is 0 Å². The minimum Gasteiger partial charge on any atom is -0.392 e. The summed E-state index contributed by atoms with van der Waals surface area (Å²) in [5, 5.41) is 10.6. The van der Waals surface area contributed by atoms with E-state index in [0.717, 1.165) is 44.9 Å². The smallest absolute Gasteiger partial charge is 0.223 e. The van der Waals surface area contributed by atoms with Gasteiger partial charge in [0, 0.05) is 24.4 Å². The predicted octanol–water partition coefficient (Wildman–Crippen LogP) is 7.02. The molecule has 188 valence electrons. The number of aryl methyl sites for hydroxylation is 2. The van der Waals surface area contributed by atoms with Crippen LogP contribution in [-0.2, 0) is 11.2 Å². The fourth-order valence-corrected chi connectivity index (χ4v) is 6.27. The summed E-state index contributed by atoms with van der Waals surface area (Å²) in [6.45, 7) is 10.6. The molecule has 1 aromatic carbocycles. The number of fused-ring (bicyclic) bond motifs is 1. The molecule has 1 N–H and O–H groups in total. The number of carbonyl (C=O) groups excluding carboxylic acids is 1. The van der Waals surface area contributed by atoms with Crippen LogP contribution in [0.5, 0.6) is 0 Å². The Morgan fingerprint density at radius 2 is 1.88 bits per heavy atom. The summed E-state index contributed by atoms with van der Waals surface area (Å²) in [4.78, 5) is 14.5. The van der Waals surface area contributed by atoms with E-state index in [-0.39, 0.29) is 18.2 Å². The van der Waals surface area contributed by atoms with Gasteiger partial charge in [0.15, 0.2) is 0 Å². The van der Waals surface area contributed by atoms with Gasteiger partial charge in [-0.25, -0.2) is 0 Å². The number of hydrogen-bond donors (Lipinski definition) is 1. The highest BCUT2D eigenvalue weighted by molar-refractivity contribution is 5.76. The highest BCUT2D eigenvalue weighted by Gasteiger charge is 2.43. The Morgan fingerprint density at radius 3 is 2.59 bits per heavy atom. The number of carbonyl (C=O) groups is 1. The largest absolute Gasteiger partial charge is 0.392 e. The molecule has 2 aliphatic rings. The van der Waals surface area contributed by atoms with Crippen LogP contribution in [0.1, 0.15) is 90.2 Å². The number of allylic oxidation sites excluding steroid dienone is 3. The summed E-state index contributed by atoms with van der Waals surface area (Å²) in [6.07, 6.45) is 16.1. The highest BCUT2D eigenvalue weighted by atomic mass is 16.3. The van der Waals surface area contributed by atoms with Crippen molar-refractivity contribution in [3.8, 4) is 0 Å². The average molecular weight is 466 g/mol. The van der Waals surface area contributed by atoms with E-state index in [9.17, 15) is 9.90 Å². The Hall–Kier alpha value is -1.87. The summed E-state index contributed by atoms with van der Waals surface area (Å²) in [7, 11) is 0. The summed E-state index contributed by atoms with van der Waals surface area (Å²) in [5.41, 5.74) is 4.29. The molecule has 0 aromatic heterocycles. The molecule has 34 heavy (non-hydrogen) atoms. The van der Waals surface area contributed by atoms with Crippen molar-refractivity contribution in [1.82, 2.24) is 4.90 Å². The Labute approximate surface area is 208 Å². The number of unbranched alkanes of at least 4 members (excludes halogenated alkanes) is 2. The maximum Gasteiger partial charge on any atom is 0.223 e. The van der Waals surface area contributed by atoms with Gasteiger partial charge in [-0.3, -0.25) is 4.79 Å². The molecule has 0 spiro atoms. The fraction of sp³-hybridized carbons (Fsp3) is 0.645. The normalized spacial score (nSPS) is 24.3. The molecule has 4 atom stereocenters. The molecule has 0 heterocycles. The maximum atomic E-state index is 12.5. The number of benzene rings is 1. The first-order valence-corrected chi connectivity index (χ1v) is 13.7. The molecule has 0 aliphatic heterocycles. The minimum absolute atomic E-state index is 0.195. The van der Waals surface area contributed by atoms with Gasteiger partial charge in [0.05, 0.1) is 6.10 Å². The van der Waals surface area contributed by atoms with Crippen LogP contribution < -0.4 is 0 Å². The Balaban J connectivity index is 1.37. The molecule has 3 heteroatoms. The number of aliphatic hydroxyl groups excluding tert-OH is 1. The van der Waals surface area contributed by atoms with Crippen LogP contribution in [-0.4, -0.2) is 34.1 Å². The topological polar surface area (TPSA) is 40.5 Å². The number of hydrogen-bond acceptors (Lipinski definition) is 2. The standard InChI is InChI=1S/C31H47NO2/c1-22(2)32(23(3)4)31(34)17-8-6-7-14-26-19-27-21-30(33)28(29(27)20-26)16-10-9-13-25-15-11-12-24(5)18-25/h10-12,15-16,18-19,22-23,27-30,33H,6-9,13-14,17,20-21H2,1-5H3/b16-10+/t27-,28+,29-,30+/m0/s1. The molecule has 0 bridgehead atoms. The van der Waals surface area contributed by atoms with Crippen LogP contribution in [0, 0.1) is 24.7 Å². The lowest BCUT2D eigenvalue weighted by molar-refractivity contribution is -0.134. The molecule has 3 nitrogen and oxygen atoms in total. The van der Waals surface area contributed by atoms with Gasteiger partial charge in [-0.15, -0.1) is 0 Å². The Kier molecular flexibility index (Phi) is 10.0. The van der Waals surface area contributed by atoms with Crippen LogP contribution in [0.3, 0.4) is 0 Å². The molecule has 0 radical (unpaired) electrons. The van der Waals surface area contributed by atoms with Crippen molar-refractivity contribution in [2.45, 2.75) is 111 Å². The summed E-state index contributed by atoms with van der Waals surface area (Å²) in [6, 6.07) is 9.30. The van der Waals surface area contributed by atoms with Gasteiger partial charge in [-0.1, -0.05) is 60.1 Å². The lowest BCUT2D eigenvalue weighted by Gasteiger charge is -2.30. The van der Waals surface area contributed by atoms with Gasteiger partial charge in [0.1, 0.15) is 0 Å². The predicted molar refractivity (Wildman–Crippen MR) is 143 cm³/mol. The van der Waals surface area contributed by atoms with E-state index in [4.69, 9.17) is 0 Å². The zero-order chi connectivity index (χ0) is 24.7. The molecule has 3 rings (SSSR count). The molecule has 0 saturated heterocycles. The van der Waals surface area contributed by atoms with Gasteiger partial charge in [0.25, 0.3) is 0 Å². The molecule has 1 saturated carbocycles. The van der Waals surface area contributed by atoms with Crippen molar-refractivity contribution < 1.29 is 9.90 Å². The molecule has 0 unspecified atom stereocenters. The van der Waals surface area contributed by atoms with Gasteiger partial charge in [-0.05, 0) is 97.0 Å². The summed E-state index contributed by atoms with van der Waals surface area (Å²) < 4.78 is 0. The monoisotopic (exact) mass is 465 g/mol. The first-order chi connectivity index (χ1) is 16.3. The van der Waals surface area contributed by atoms with E-state index in [1.807, 2.05) is 4.90 Å². The number of aliphatic hydroxyl groups is 1. The molecular formula is C31H47NO2. The second kappa shape index (κ2) is 12.7. The van der Waals surface area contributed by atoms with E-state index in [1.165, 1.54) is 17.5 Å². The average Bonchev–Trinajstić information content (AvgIpc) is 3.27. The number of nitrogens with zero attached hydrogens (tertiary/aromatic N) is 1. The molecule has 1 aromatic rings. The zero-order valence-electron chi connectivity index (χ0n) is 22.2.